The van der Waals surface area contributed by atoms with Gasteiger partial charge >= 0.3 is 0 Å². The molecular formula is C21H25N3O3S. The number of carbonyl (C=O) groups excluding carboxylic acids is 1. The minimum absolute atomic E-state index is 0.302. The molecule has 2 saturated heterocycles. The number of amides is 1. The summed E-state index contributed by atoms with van der Waals surface area (Å²) in [5.41, 5.74) is 2.10. The van der Waals surface area contributed by atoms with Crippen molar-refractivity contribution in [3.63, 3.8) is 0 Å². The van der Waals surface area contributed by atoms with E-state index in [2.05, 4.69) is 9.88 Å². The number of likely N-dealkylation sites (tertiary alicyclic amines) is 1. The molecule has 0 bridgehead atoms. The van der Waals surface area contributed by atoms with Crippen molar-refractivity contribution in [1.82, 2.24) is 14.8 Å². The van der Waals surface area contributed by atoms with Crippen molar-refractivity contribution in [1.29, 1.82) is 0 Å². The average molecular weight is 400 g/mol. The SMILES string of the molecule is CC1(C)C(=O)N(Cc2ccccc2)[C@H]2CN(Cc3ccncc3)C[C@H]2[S+]1(=O)[O-]. The highest BCUT2D eigenvalue weighted by molar-refractivity contribution is 8.00. The topological polar surface area (TPSA) is 76.6 Å². The number of carbonyl (C=O) groups is 1. The van der Waals surface area contributed by atoms with Crippen molar-refractivity contribution in [3.8, 4) is 0 Å². The fourth-order valence-electron chi connectivity index (χ4n) is 4.28. The molecule has 2 aliphatic rings. The fourth-order valence-corrected chi connectivity index (χ4v) is 6.45. The number of sulfone groups is 1. The average Bonchev–Trinajstić information content (AvgIpc) is 3.10. The first-order valence-electron chi connectivity index (χ1n) is 9.50. The van der Waals surface area contributed by atoms with Crippen LogP contribution in [0.4, 0.5) is 0 Å². The van der Waals surface area contributed by atoms with Gasteiger partial charge in [0.25, 0.3) is 5.91 Å². The molecule has 1 unspecified atom stereocenters. The van der Waals surface area contributed by atoms with E-state index in [9.17, 15) is 13.6 Å². The molecular weight excluding hydrogens is 374 g/mol. The minimum atomic E-state index is -3.58. The first-order chi connectivity index (χ1) is 13.3. The summed E-state index contributed by atoms with van der Waals surface area (Å²) in [7, 11) is -3.58. The molecule has 1 aromatic carbocycles. The number of pyridine rings is 1. The van der Waals surface area contributed by atoms with Crippen LogP contribution in [0.3, 0.4) is 0 Å². The van der Waals surface area contributed by atoms with E-state index >= 15 is 0 Å². The first kappa shape index (κ1) is 19.2. The quantitative estimate of drug-likeness (QED) is 0.736. The van der Waals surface area contributed by atoms with Gasteiger partial charge in [-0.1, -0.05) is 30.3 Å². The van der Waals surface area contributed by atoms with E-state index in [4.69, 9.17) is 0 Å². The zero-order chi connectivity index (χ0) is 19.9. The molecule has 1 aromatic heterocycles. The third-order valence-electron chi connectivity index (χ3n) is 5.95. The molecule has 0 spiro atoms. The summed E-state index contributed by atoms with van der Waals surface area (Å²) in [6.07, 6.45) is 3.48. The lowest BCUT2D eigenvalue weighted by atomic mass is 10.1. The van der Waals surface area contributed by atoms with Gasteiger partial charge in [0.2, 0.25) is 4.75 Å². The molecule has 3 atom stereocenters. The Labute approximate surface area is 166 Å². The molecule has 2 aliphatic heterocycles. The molecule has 2 aromatic rings. The summed E-state index contributed by atoms with van der Waals surface area (Å²) in [4.78, 5) is 21.1. The van der Waals surface area contributed by atoms with E-state index in [1.807, 2.05) is 42.5 Å². The predicted molar refractivity (Wildman–Crippen MR) is 107 cm³/mol. The molecule has 2 fully saturated rings. The first-order valence-corrected chi connectivity index (χ1v) is 11.0. The van der Waals surface area contributed by atoms with Crippen molar-refractivity contribution in [3.05, 3.63) is 66.0 Å². The second kappa shape index (κ2) is 7.06. The van der Waals surface area contributed by atoms with Gasteiger partial charge < -0.3 is 9.45 Å². The molecule has 4 rings (SSSR count). The predicted octanol–water partition coefficient (Wildman–Crippen LogP) is 2.09. The molecule has 0 aliphatic carbocycles. The summed E-state index contributed by atoms with van der Waals surface area (Å²) >= 11 is 0. The van der Waals surface area contributed by atoms with Crippen molar-refractivity contribution in [2.75, 3.05) is 13.1 Å². The van der Waals surface area contributed by atoms with Gasteiger partial charge in [-0.15, -0.1) is 4.21 Å². The lowest BCUT2D eigenvalue weighted by Gasteiger charge is -2.47. The van der Waals surface area contributed by atoms with Crippen molar-refractivity contribution < 1.29 is 13.6 Å². The van der Waals surface area contributed by atoms with Gasteiger partial charge in [-0.05, 0) is 37.1 Å². The summed E-state index contributed by atoms with van der Waals surface area (Å²) in [6.45, 7) is 5.18. The number of nitrogens with zero attached hydrogens (tertiary/aromatic N) is 3. The monoisotopic (exact) mass is 399 g/mol. The summed E-state index contributed by atoms with van der Waals surface area (Å²) < 4.78 is 25.1. The molecule has 1 amide bonds. The highest BCUT2D eigenvalue weighted by atomic mass is 32.3. The highest BCUT2D eigenvalue weighted by Gasteiger charge is 2.63. The fraction of sp³-hybridized carbons (Fsp3) is 0.429. The highest BCUT2D eigenvalue weighted by Crippen LogP contribution is 2.41. The number of rotatable bonds is 4. The van der Waals surface area contributed by atoms with E-state index in [1.165, 1.54) is 0 Å². The van der Waals surface area contributed by atoms with Crippen LogP contribution in [0.25, 0.3) is 0 Å². The van der Waals surface area contributed by atoms with E-state index in [-0.39, 0.29) is 11.9 Å². The van der Waals surface area contributed by atoms with E-state index in [0.717, 1.165) is 11.1 Å². The number of fused-ring (bicyclic) bond motifs is 1. The Morgan fingerprint density at radius 1 is 1.07 bits per heavy atom. The van der Waals surface area contributed by atoms with Crippen LogP contribution in [-0.4, -0.2) is 54.4 Å². The van der Waals surface area contributed by atoms with E-state index < -0.39 is 20.2 Å². The van der Waals surface area contributed by atoms with Gasteiger partial charge in [0.1, 0.15) is 0 Å². The largest absolute Gasteiger partial charge is 0.614 e. The van der Waals surface area contributed by atoms with Gasteiger partial charge in [0, 0.05) is 38.6 Å². The van der Waals surface area contributed by atoms with Crippen molar-refractivity contribution in [2.24, 2.45) is 0 Å². The Bertz CT molecular complexity index is 904. The molecule has 0 radical (unpaired) electrons. The third kappa shape index (κ3) is 3.17. The Morgan fingerprint density at radius 2 is 1.71 bits per heavy atom. The van der Waals surface area contributed by atoms with Crippen LogP contribution in [0.15, 0.2) is 54.9 Å². The number of hydrogen-bond donors (Lipinski definition) is 0. The summed E-state index contributed by atoms with van der Waals surface area (Å²) in [5, 5.41) is -0.564. The van der Waals surface area contributed by atoms with E-state index in [1.54, 1.807) is 31.1 Å². The number of aromatic nitrogens is 1. The third-order valence-corrected chi connectivity index (χ3v) is 8.81. The number of hydrogen-bond acceptors (Lipinski definition) is 5. The lowest BCUT2D eigenvalue weighted by Crippen LogP contribution is -2.67. The summed E-state index contributed by atoms with van der Waals surface area (Å²) in [6, 6.07) is 13.3. The molecule has 7 heteroatoms. The Hall–Kier alpha value is -2.09. The van der Waals surface area contributed by atoms with Crippen LogP contribution >= 0.6 is 0 Å². The zero-order valence-electron chi connectivity index (χ0n) is 16.2. The van der Waals surface area contributed by atoms with Gasteiger partial charge in [-0.25, -0.2) is 0 Å². The Balaban J connectivity index is 1.64. The second-order valence-electron chi connectivity index (χ2n) is 8.13. The zero-order valence-corrected chi connectivity index (χ0v) is 17.0. The molecule has 28 heavy (non-hydrogen) atoms. The smallest absolute Gasteiger partial charge is 0.278 e. The van der Waals surface area contributed by atoms with Crippen molar-refractivity contribution >= 4 is 16.1 Å². The number of benzene rings is 1. The van der Waals surface area contributed by atoms with Gasteiger partial charge in [0.15, 0.2) is 5.25 Å². The van der Waals surface area contributed by atoms with Gasteiger partial charge in [-0.2, -0.15) is 0 Å². The second-order valence-corrected chi connectivity index (χ2v) is 10.8. The molecule has 6 nitrogen and oxygen atoms in total. The summed E-state index contributed by atoms with van der Waals surface area (Å²) in [5.74, 6) is -0.302. The minimum Gasteiger partial charge on any atom is -0.614 e. The van der Waals surface area contributed by atoms with Crippen LogP contribution in [0.5, 0.6) is 0 Å². The normalized spacial score (nSPS) is 29.7. The van der Waals surface area contributed by atoms with E-state index in [0.29, 0.717) is 26.2 Å². The maximum Gasteiger partial charge on any atom is 0.278 e. The molecule has 0 saturated carbocycles. The maximum atomic E-state index is 13.2. The van der Waals surface area contributed by atoms with Crippen LogP contribution in [0.1, 0.15) is 25.0 Å². The standard InChI is InChI=1S/C21H25N3O3S/c1-21(2)20(25)24(13-16-6-4-3-5-7-16)18-14-23(15-19(18)28(21,26)27)12-17-8-10-22-11-9-17/h3-11,18-19H,12-15H2,1-2H3/t18-,19+/m0/s1. The lowest BCUT2D eigenvalue weighted by molar-refractivity contribution is -0.137. The van der Waals surface area contributed by atoms with Crippen LogP contribution < -0.4 is 0 Å². The molecule has 0 N–H and O–H groups in total. The van der Waals surface area contributed by atoms with Crippen molar-refractivity contribution in [2.45, 2.75) is 43.0 Å². The molecule has 148 valence electrons. The molecule has 3 heterocycles. The Kier molecular flexibility index (Phi) is 4.85. The van der Waals surface area contributed by atoms with Crippen LogP contribution in [0, 0.1) is 0 Å². The van der Waals surface area contributed by atoms with Gasteiger partial charge in [-0.3, -0.25) is 14.7 Å². The Morgan fingerprint density at radius 3 is 2.39 bits per heavy atom. The van der Waals surface area contributed by atoms with Gasteiger partial charge in [0.05, 0.1) is 16.3 Å². The van der Waals surface area contributed by atoms with Crippen LogP contribution in [-0.2, 0) is 32.3 Å². The maximum absolute atomic E-state index is 13.2. The van der Waals surface area contributed by atoms with Crippen LogP contribution in [0.2, 0.25) is 0 Å².